The Balaban J connectivity index is 1.65. The van der Waals surface area contributed by atoms with Gasteiger partial charge in [-0.05, 0) is 12.1 Å². The van der Waals surface area contributed by atoms with E-state index in [9.17, 15) is 5.11 Å². The zero-order valence-corrected chi connectivity index (χ0v) is 11.4. The van der Waals surface area contributed by atoms with Crippen molar-refractivity contribution in [1.29, 1.82) is 5.26 Å². The number of aromatic nitrogens is 2. The van der Waals surface area contributed by atoms with E-state index in [1.807, 2.05) is 6.07 Å². The van der Waals surface area contributed by atoms with Crippen molar-refractivity contribution < 1.29 is 14.4 Å². The van der Waals surface area contributed by atoms with Gasteiger partial charge in [-0.3, -0.25) is 0 Å². The Bertz CT molecular complexity index is 580. The van der Waals surface area contributed by atoms with E-state index >= 15 is 0 Å². The largest absolute Gasteiger partial charge is 0.489 e. The fourth-order valence-electron chi connectivity index (χ4n) is 1.70. The first-order valence-corrected chi connectivity index (χ1v) is 6.56. The van der Waals surface area contributed by atoms with Gasteiger partial charge in [0.2, 0.25) is 5.89 Å². The lowest BCUT2D eigenvalue weighted by Gasteiger charge is -2.13. The Labute approximate surface area is 122 Å². The molecule has 0 spiro atoms. The van der Waals surface area contributed by atoms with Crippen molar-refractivity contribution in [2.75, 3.05) is 19.7 Å². The molecule has 7 nitrogen and oxygen atoms in total. The number of nitrogens with one attached hydrogen (secondary N) is 1. The molecule has 0 aliphatic carbocycles. The minimum atomic E-state index is -0.667. The summed E-state index contributed by atoms with van der Waals surface area (Å²) in [5.74, 6) is 1.03. The van der Waals surface area contributed by atoms with E-state index in [-0.39, 0.29) is 6.61 Å². The van der Waals surface area contributed by atoms with Crippen molar-refractivity contribution in [2.24, 2.45) is 0 Å². The van der Waals surface area contributed by atoms with E-state index in [0.29, 0.717) is 36.7 Å². The van der Waals surface area contributed by atoms with Crippen LogP contribution in [0.15, 0.2) is 35.1 Å². The monoisotopic (exact) mass is 288 g/mol. The second-order valence-corrected chi connectivity index (χ2v) is 4.36. The zero-order chi connectivity index (χ0) is 14.9. The fourth-order valence-corrected chi connectivity index (χ4v) is 1.70. The predicted octanol–water partition coefficient (Wildman–Crippen LogP) is 0.513. The molecule has 0 saturated carbocycles. The number of rotatable bonds is 8. The first kappa shape index (κ1) is 15.0. The highest BCUT2D eigenvalue weighted by atomic mass is 16.5. The van der Waals surface area contributed by atoms with Crippen LogP contribution in [0.4, 0.5) is 0 Å². The molecule has 0 aliphatic rings. The summed E-state index contributed by atoms with van der Waals surface area (Å²) in [6.07, 6.45) is 1.29. The maximum Gasteiger partial charge on any atom is 0.227 e. The highest BCUT2D eigenvalue weighted by molar-refractivity contribution is 5.42. The first-order chi connectivity index (χ1) is 10.3. The minimum absolute atomic E-state index is 0.117. The van der Waals surface area contributed by atoms with Gasteiger partial charge in [0.25, 0.3) is 0 Å². The molecule has 21 heavy (non-hydrogen) atoms. The fraction of sp³-hybridized carbons (Fsp3) is 0.357. The van der Waals surface area contributed by atoms with Crippen molar-refractivity contribution in [3.63, 3.8) is 0 Å². The number of para-hydroxylation sites is 1. The van der Waals surface area contributed by atoms with Crippen LogP contribution < -0.4 is 10.1 Å². The number of nitrogens with zero attached hydrogens (tertiary/aromatic N) is 3. The molecule has 0 aliphatic heterocycles. The molecular formula is C14H16N4O3. The normalized spacial score (nSPS) is 11.8. The molecule has 1 atom stereocenters. The van der Waals surface area contributed by atoms with Crippen LogP contribution >= 0.6 is 0 Å². The van der Waals surface area contributed by atoms with Crippen molar-refractivity contribution >= 4 is 0 Å². The average Bonchev–Trinajstić information content (AvgIpc) is 3.03. The standard InChI is InChI=1S/C14H16N4O3/c15-7-11-3-1-2-4-13(11)20-9-12(19)8-16-6-5-14-17-10-18-21-14/h1-4,10,12,16,19H,5-6,8-9H2. The molecule has 2 N–H and O–H groups in total. The summed E-state index contributed by atoms with van der Waals surface area (Å²) in [4.78, 5) is 3.89. The third-order valence-corrected chi connectivity index (χ3v) is 2.74. The van der Waals surface area contributed by atoms with Crippen LogP contribution in [0.2, 0.25) is 0 Å². The lowest BCUT2D eigenvalue weighted by atomic mass is 10.2. The number of hydrogen-bond donors (Lipinski definition) is 2. The number of benzene rings is 1. The molecule has 1 aromatic carbocycles. The Morgan fingerprint density at radius 1 is 1.43 bits per heavy atom. The van der Waals surface area contributed by atoms with E-state index in [2.05, 4.69) is 15.5 Å². The van der Waals surface area contributed by atoms with Gasteiger partial charge in [0, 0.05) is 19.5 Å². The van der Waals surface area contributed by atoms with Crippen molar-refractivity contribution in [2.45, 2.75) is 12.5 Å². The molecule has 1 aromatic heterocycles. The number of ether oxygens (including phenoxy) is 1. The van der Waals surface area contributed by atoms with Gasteiger partial charge in [-0.2, -0.15) is 10.2 Å². The third kappa shape index (κ3) is 4.87. The maximum absolute atomic E-state index is 9.81. The Kier molecular flexibility index (Phi) is 5.70. The van der Waals surface area contributed by atoms with E-state index < -0.39 is 6.10 Å². The summed E-state index contributed by atoms with van der Waals surface area (Å²) in [6.45, 7) is 1.11. The second-order valence-electron chi connectivity index (χ2n) is 4.36. The number of aliphatic hydroxyl groups excluding tert-OH is 1. The van der Waals surface area contributed by atoms with Crippen LogP contribution in [0.3, 0.4) is 0 Å². The summed E-state index contributed by atoms with van der Waals surface area (Å²) in [6, 6.07) is 8.96. The molecule has 2 aromatic rings. The molecule has 0 radical (unpaired) electrons. The van der Waals surface area contributed by atoms with Crippen molar-refractivity contribution in [3.05, 3.63) is 42.0 Å². The van der Waals surface area contributed by atoms with Gasteiger partial charge in [0.1, 0.15) is 24.5 Å². The van der Waals surface area contributed by atoms with Crippen LogP contribution in [0.25, 0.3) is 0 Å². The SMILES string of the molecule is N#Cc1ccccc1OCC(O)CNCCc1ncno1. The molecule has 0 amide bonds. The lowest BCUT2D eigenvalue weighted by molar-refractivity contribution is 0.106. The molecule has 7 heteroatoms. The topological polar surface area (TPSA) is 104 Å². The van der Waals surface area contributed by atoms with Crippen molar-refractivity contribution in [3.8, 4) is 11.8 Å². The Morgan fingerprint density at radius 3 is 3.05 bits per heavy atom. The Morgan fingerprint density at radius 2 is 2.29 bits per heavy atom. The molecular weight excluding hydrogens is 272 g/mol. The lowest BCUT2D eigenvalue weighted by Crippen LogP contribution is -2.32. The quantitative estimate of drug-likeness (QED) is 0.682. The summed E-state index contributed by atoms with van der Waals surface area (Å²) in [5.41, 5.74) is 0.453. The highest BCUT2D eigenvalue weighted by Crippen LogP contribution is 2.16. The van der Waals surface area contributed by atoms with Crippen LogP contribution in [-0.2, 0) is 6.42 Å². The number of aliphatic hydroxyl groups is 1. The van der Waals surface area contributed by atoms with Gasteiger partial charge in [-0.15, -0.1) is 0 Å². The van der Waals surface area contributed by atoms with Gasteiger partial charge in [0.05, 0.1) is 5.56 Å². The molecule has 0 bridgehead atoms. The van der Waals surface area contributed by atoms with E-state index in [1.165, 1.54) is 6.33 Å². The third-order valence-electron chi connectivity index (χ3n) is 2.74. The van der Waals surface area contributed by atoms with E-state index in [1.54, 1.807) is 24.3 Å². The van der Waals surface area contributed by atoms with Gasteiger partial charge in [-0.25, -0.2) is 0 Å². The van der Waals surface area contributed by atoms with Gasteiger partial charge in [-0.1, -0.05) is 17.3 Å². The molecule has 0 fully saturated rings. The van der Waals surface area contributed by atoms with E-state index in [4.69, 9.17) is 14.5 Å². The zero-order valence-electron chi connectivity index (χ0n) is 11.4. The van der Waals surface area contributed by atoms with Crippen molar-refractivity contribution in [1.82, 2.24) is 15.5 Å². The van der Waals surface area contributed by atoms with Gasteiger partial charge >= 0.3 is 0 Å². The van der Waals surface area contributed by atoms with Gasteiger partial charge in [0.15, 0.2) is 6.33 Å². The number of hydrogen-bond acceptors (Lipinski definition) is 7. The second kappa shape index (κ2) is 7.99. The van der Waals surface area contributed by atoms with Crippen LogP contribution in [0, 0.1) is 11.3 Å². The molecule has 2 rings (SSSR count). The van der Waals surface area contributed by atoms with Crippen LogP contribution in [0.1, 0.15) is 11.5 Å². The summed E-state index contributed by atoms with van der Waals surface area (Å²) < 4.78 is 10.3. The smallest absolute Gasteiger partial charge is 0.227 e. The molecule has 1 unspecified atom stereocenters. The minimum Gasteiger partial charge on any atom is -0.489 e. The first-order valence-electron chi connectivity index (χ1n) is 6.56. The maximum atomic E-state index is 9.81. The van der Waals surface area contributed by atoms with E-state index in [0.717, 1.165) is 0 Å². The summed E-state index contributed by atoms with van der Waals surface area (Å²) >= 11 is 0. The number of nitriles is 1. The Hall–Kier alpha value is -2.43. The highest BCUT2D eigenvalue weighted by Gasteiger charge is 2.08. The molecule has 1 heterocycles. The molecule has 0 saturated heterocycles. The molecule has 110 valence electrons. The van der Waals surface area contributed by atoms with Crippen LogP contribution in [-0.4, -0.2) is 41.0 Å². The summed E-state index contributed by atoms with van der Waals surface area (Å²) in [7, 11) is 0. The average molecular weight is 288 g/mol. The predicted molar refractivity (Wildman–Crippen MR) is 73.5 cm³/mol. The van der Waals surface area contributed by atoms with Gasteiger partial charge < -0.3 is 19.7 Å². The van der Waals surface area contributed by atoms with Crippen LogP contribution in [0.5, 0.6) is 5.75 Å². The summed E-state index contributed by atoms with van der Waals surface area (Å²) in [5, 5.41) is 25.3.